The van der Waals surface area contributed by atoms with E-state index in [2.05, 4.69) is 18.3 Å². The zero-order valence-corrected chi connectivity index (χ0v) is 13.5. The molecule has 0 fully saturated rings. The third kappa shape index (κ3) is 2.89. The number of nitrogens with one attached hydrogen (secondary N) is 1. The number of carbonyl (C=O) groups excluding carboxylic acids is 1. The number of amides is 1. The van der Waals surface area contributed by atoms with Crippen LogP contribution in [0.2, 0.25) is 0 Å². The molecule has 0 saturated carbocycles. The van der Waals surface area contributed by atoms with Crippen LogP contribution < -0.4 is 19.5 Å². The van der Waals surface area contributed by atoms with Crippen LogP contribution in [-0.2, 0) is 13.0 Å². The van der Waals surface area contributed by atoms with Gasteiger partial charge in [0.25, 0.3) is 5.91 Å². The Bertz CT molecular complexity index is 787. The van der Waals surface area contributed by atoms with E-state index in [1.165, 1.54) is 5.56 Å². The van der Waals surface area contributed by atoms with Crippen molar-refractivity contribution in [1.82, 2.24) is 5.32 Å². The lowest BCUT2D eigenvalue weighted by Crippen LogP contribution is -2.23. The molecular weight excluding hydrogens is 306 g/mol. The number of benzene rings is 2. The van der Waals surface area contributed by atoms with Crippen LogP contribution in [0.15, 0.2) is 36.4 Å². The third-order valence-corrected chi connectivity index (χ3v) is 4.22. The number of rotatable bonds is 3. The summed E-state index contributed by atoms with van der Waals surface area (Å²) in [7, 11) is 0. The molecule has 124 valence electrons. The Labute approximate surface area is 140 Å². The monoisotopic (exact) mass is 325 g/mol. The molecule has 0 bridgehead atoms. The molecule has 0 saturated heterocycles. The molecule has 1 N–H and O–H groups in total. The summed E-state index contributed by atoms with van der Waals surface area (Å²) in [5.74, 6) is 2.13. The van der Waals surface area contributed by atoms with Crippen molar-refractivity contribution in [3.05, 3.63) is 53.1 Å². The van der Waals surface area contributed by atoms with Gasteiger partial charge in [-0.3, -0.25) is 4.79 Å². The van der Waals surface area contributed by atoms with Crippen molar-refractivity contribution in [1.29, 1.82) is 0 Å². The Hall–Kier alpha value is -2.69. The van der Waals surface area contributed by atoms with Crippen molar-refractivity contribution in [2.45, 2.75) is 26.0 Å². The van der Waals surface area contributed by atoms with Crippen molar-refractivity contribution in [2.75, 3.05) is 13.2 Å². The predicted octanol–water partition coefficient (Wildman–Crippen LogP) is 2.71. The lowest BCUT2D eigenvalue weighted by molar-refractivity contribution is 0.0949. The summed E-state index contributed by atoms with van der Waals surface area (Å²) in [5.41, 5.74) is 2.84. The van der Waals surface area contributed by atoms with Gasteiger partial charge < -0.3 is 19.5 Å². The highest BCUT2D eigenvalue weighted by atomic mass is 16.6. The van der Waals surface area contributed by atoms with Crippen molar-refractivity contribution in [3.8, 4) is 17.2 Å². The molecule has 2 aromatic carbocycles. The normalized spacial score (nSPS) is 17.8. The topological polar surface area (TPSA) is 56.8 Å². The van der Waals surface area contributed by atoms with Crippen LogP contribution in [0.25, 0.3) is 0 Å². The molecule has 0 spiro atoms. The van der Waals surface area contributed by atoms with E-state index in [0.29, 0.717) is 36.8 Å². The Morgan fingerprint density at radius 3 is 2.75 bits per heavy atom. The first-order valence-corrected chi connectivity index (χ1v) is 8.15. The van der Waals surface area contributed by atoms with Crippen LogP contribution in [0.5, 0.6) is 17.2 Å². The predicted molar refractivity (Wildman–Crippen MR) is 88.8 cm³/mol. The van der Waals surface area contributed by atoms with Gasteiger partial charge in [0.15, 0.2) is 11.5 Å². The van der Waals surface area contributed by atoms with E-state index >= 15 is 0 Å². The molecule has 2 aliphatic rings. The standard InChI is InChI=1S/C19H19NO4/c1-12-8-15-9-13(2-4-16(15)24-12)11-20-19(21)14-3-5-17-18(10-14)23-7-6-22-17/h2-5,9-10,12H,6-8,11H2,1H3,(H,20,21)/t12-/m1/s1. The van der Waals surface area contributed by atoms with E-state index in [0.717, 1.165) is 17.7 Å². The molecule has 2 heterocycles. The van der Waals surface area contributed by atoms with Gasteiger partial charge in [-0.2, -0.15) is 0 Å². The summed E-state index contributed by atoms with van der Waals surface area (Å²) >= 11 is 0. The van der Waals surface area contributed by atoms with Gasteiger partial charge in [0.2, 0.25) is 0 Å². The zero-order valence-electron chi connectivity index (χ0n) is 13.5. The molecule has 5 nitrogen and oxygen atoms in total. The number of carbonyl (C=O) groups is 1. The lowest BCUT2D eigenvalue weighted by Gasteiger charge is -2.18. The van der Waals surface area contributed by atoms with Gasteiger partial charge in [-0.1, -0.05) is 12.1 Å². The van der Waals surface area contributed by atoms with Crippen LogP contribution in [0, 0.1) is 0 Å². The van der Waals surface area contributed by atoms with Gasteiger partial charge in [-0.25, -0.2) is 0 Å². The largest absolute Gasteiger partial charge is 0.490 e. The fraction of sp³-hybridized carbons (Fsp3) is 0.316. The second kappa shape index (κ2) is 6.07. The molecule has 4 rings (SSSR count). The van der Waals surface area contributed by atoms with Crippen molar-refractivity contribution in [3.63, 3.8) is 0 Å². The summed E-state index contributed by atoms with van der Waals surface area (Å²) in [6, 6.07) is 11.3. The van der Waals surface area contributed by atoms with E-state index in [-0.39, 0.29) is 12.0 Å². The van der Waals surface area contributed by atoms with Gasteiger partial charge in [0.1, 0.15) is 25.1 Å². The maximum Gasteiger partial charge on any atom is 0.251 e. The zero-order chi connectivity index (χ0) is 16.5. The highest BCUT2D eigenvalue weighted by Crippen LogP contribution is 2.31. The Morgan fingerprint density at radius 2 is 1.88 bits per heavy atom. The molecule has 24 heavy (non-hydrogen) atoms. The van der Waals surface area contributed by atoms with E-state index in [9.17, 15) is 4.79 Å². The number of hydrogen-bond acceptors (Lipinski definition) is 4. The highest BCUT2D eigenvalue weighted by Gasteiger charge is 2.19. The highest BCUT2D eigenvalue weighted by molar-refractivity contribution is 5.94. The summed E-state index contributed by atoms with van der Waals surface area (Å²) in [6.45, 7) is 3.59. The van der Waals surface area contributed by atoms with Crippen LogP contribution >= 0.6 is 0 Å². The summed E-state index contributed by atoms with van der Waals surface area (Å²) in [6.07, 6.45) is 1.14. The molecule has 1 atom stereocenters. The quantitative estimate of drug-likeness (QED) is 0.943. The second-order valence-corrected chi connectivity index (χ2v) is 6.12. The van der Waals surface area contributed by atoms with Crippen LogP contribution in [-0.4, -0.2) is 25.2 Å². The fourth-order valence-electron chi connectivity index (χ4n) is 3.05. The molecule has 1 amide bonds. The summed E-state index contributed by atoms with van der Waals surface area (Å²) in [5, 5.41) is 2.95. The maximum atomic E-state index is 12.4. The van der Waals surface area contributed by atoms with Crippen molar-refractivity contribution < 1.29 is 19.0 Å². The van der Waals surface area contributed by atoms with E-state index in [1.807, 2.05) is 12.1 Å². The van der Waals surface area contributed by atoms with E-state index in [4.69, 9.17) is 14.2 Å². The molecule has 2 aromatic rings. The van der Waals surface area contributed by atoms with E-state index in [1.54, 1.807) is 18.2 Å². The maximum absolute atomic E-state index is 12.4. The molecule has 0 radical (unpaired) electrons. The average molecular weight is 325 g/mol. The fourth-order valence-corrected chi connectivity index (χ4v) is 3.05. The third-order valence-electron chi connectivity index (χ3n) is 4.22. The number of ether oxygens (including phenoxy) is 3. The first-order valence-electron chi connectivity index (χ1n) is 8.15. The van der Waals surface area contributed by atoms with Crippen LogP contribution in [0.3, 0.4) is 0 Å². The van der Waals surface area contributed by atoms with Gasteiger partial charge in [0, 0.05) is 18.5 Å². The van der Waals surface area contributed by atoms with Crippen LogP contribution in [0.4, 0.5) is 0 Å². The molecule has 5 heteroatoms. The first-order chi connectivity index (χ1) is 11.7. The Kier molecular flexibility index (Phi) is 3.76. The smallest absolute Gasteiger partial charge is 0.251 e. The minimum absolute atomic E-state index is 0.128. The summed E-state index contributed by atoms with van der Waals surface area (Å²) < 4.78 is 16.7. The molecule has 2 aliphatic heterocycles. The minimum Gasteiger partial charge on any atom is -0.490 e. The number of hydrogen-bond donors (Lipinski definition) is 1. The molecular formula is C19H19NO4. The van der Waals surface area contributed by atoms with Gasteiger partial charge in [-0.15, -0.1) is 0 Å². The van der Waals surface area contributed by atoms with Gasteiger partial charge in [0.05, 0.1) is 0 Å². The van der Waals surface area contributed by atoms with Crippen molar-refractivity contribution in [2.24, 2.45) is 0 Å². The van der Waals surface area contributed by atoms with Crippen molar-refractivity contribution >= 4 is 5.91 Å². The lowest BCUT2D eigenvalue weighted by atomic mass is 10.1. The molecule has 0 unspecified atom stereocenters. The van der Waals surface area contributed by atoms with Crippen LogP contribution in [0.1, 0.15) is 28.4 Å². The Morgan fingerprint density at radius 1 is 1.08 bits per heavy atom. The molecule has 0 aromatic heterocycles. The van der Waals surface area contributed by atoms with Gasteiger partial charge in [-0.05, 0) is 42.3 Å². The molecule has 0 aliphatic carbocycles. The SMILES string of the molecule is C[C@@H]1Cc2cc(CNC(=O)c3ccc4c(c3)OCCO4)ccc2O1. The summed E-state index contributed by atoms with van der Waals surface area (Å²) in [4.78, 5) is 12.4. The first kappa shape index (κ1) is 14.9. The Balaban J connectivity index is 1.43. The van der Waals surface area contributed by atoms with E-state index < -0.39 is 0 Å². The second-order valence-electron chi connectivity index (χ2n) is 6.12. The van der Waals surface area contributed by atoms with Gasteiger partial charge >= 0.3 is 0 Å². The minimum atomic E-state index is -0.128. The average Bonchev–Trinajstić information content (AvgIpc) is 2.98. The number of fused-ring (bicyclic) bond motifs is 2.